The van der Waals surface area contributed by atoms with Gasteiger partial charge in [0.25, 0.3) is 0 Å². The summed E-state index contributed by atoms with van der Waals surface area (Å²) in [5, 5.41) is 14.0. The molecule has 0 saturated heterocycles. The van der Waals surface area contributed by atoms with E-state index >= 15 is 0 Å². The molecule has 0 rings (SSSR count). The minimum Gasteiger partial charge on any atom is -0.387 e. The smallest absolute Gasteiger partial charge is 0.387 e. The van der Waals surface area contributed by atoms with E-state index in [1.165, 1.54) is 186 Å². The number of quaternary nitrogens is 1. The Morgan fingerprint density at radius 2 is 0.779 bits per heavy atom. The van der Waals surface area contributed by atoms with Gasteiger partial charge in [-0.25, -0.2) is 4.57 Å². The van der Waals surface area contributed by atoms with Crippen molar-refractivity contribution in [2.24, 2.45) is 0 Å². The summed E-state index contributed by atoms with van der Waals surface area (Å²) in [7, 11) is 1.57. The fourth-order valence-corrected chi connectivity index (χ4v) is 10.1. The SMILES string of the molecule is CC/C=C\C/C=C\C/C=C\C/C=C\C/C=C\C/C=C\CCCCCCCCCCCCC(=O)NC(COP(=O)(O)OCC[N+](C)(C)C)C(O)/C=C/CCCCCCCCCCCCCCCCCCCCCCCCCC. The van der Waals surface area contributed by atoms with Gasteiger partial charge in [0.05, 0.1) is 39.9 Å². The molecular weight excluding hydrogens is 972 g/mol. The predicted octanol–water partition coefficient (Wildman–Crippen LogP) is 20.4. The second-order valence-corrected chi connectivity index (χ2v) is 24.6. The molecule has 1 amide bonds. The van der Waals surface area contributed by atoms with Crippen molar-refractivity contribution in [2.75, 3.05) is 40.9 Å². The number of likely N-dealkylation sites (N-methyl/N-ethyl adjacent to an activating group) is 1. The molecule has 3 unspecified atom stereocenters. The highest BCUT2D eigenvalue weighted by Crippen LogP contribution is 2.43. The summed E-state index contributed by atoms with van der Waals surface area (Å²) < 4.78 is 23.8. The highest BCUT2D eigenvalue weighted by Gasteiger charge is 2.28. The van der Waals surface area contributed by atoms with Crippen molar-refractivity contribution in [1.82, 2.24) is 5.32 Å². The van der Waals surface area contributed by atoms with Crippen LogP contribution in [0.1, 0.15) is 290 Å². The van der Waals surface area contributed by atoms with Gasteiger partial charge >= 0.3 is 7.82 Å². The molecule has 0 aromatic heterocycles. The summed E-state index contributed by atoms with van der Waals surface area (Å²) in [6.07, 6.45) is 82.7. The lowest BCUT2D eigenvalue weighted by Crippen LogP contribution is -2.45. The number of unbranched alkanes of at least 4 members (excludes halogenated alkanes) is 34. The average molecular weight is 1100 g/mol. The molecule has 448 valence electrons. The highest BCUT2D eigenvalue weighted by atomic mass is 31.2. The summed E-state index contributed by atoms with van der Waals surface area (Å²) in [4.78, 5) is 23.4. The number of phosphoric acid groups is 1. The first-order chi connectivity index (χ1) is 37.5. The van der Waals surface area contributed by atoms with Crippen LogP contribution in [0, 0.1) is 0 Å². The number of hydrogen-bond donors (Lipinski definition) is 3. The molecule has 3 atom stereocenters. The first-order valence-corrected chi connectivity index (χ1v) is 34.0. The second kappa shape index (κ2) is 58.3. The molecule has 9 heteroatoms. The van der Waals surface area contributed by atoms with E-state index in [2.05, 4.69) is 92.1 Å². The fourth-order valence-electron chi connectivity index (χ4n) is 9.34. The molecule has 0 aliphatic rings. The molecule has 0 aromatic rings. The monoisotopic (exact) mass is 1100 g/mol. The lowest BCUT2D eigenvalue weighted by molar-refractivity contribution is -0.870. The van der Waals surface area contributed by atoms with E-state index in [0.717, 1.165) is 83.5 Å². The Bertz CT molecular complexity index is 1530. The summed E-state index contributed by atoms with van der Waals surface area (Å²) in [6.45, 7) is 4.73. The third kappa shape index (κ3) is 61.2. The Morgan fingerprint density at radius 3 is 1.14 bits per heavy atom. The number of aliphatic hydroxyl groups excluding tert-OH is 1. The van der Waals surface area contributed by atoms with Gasteiger partial charge in [-0.15, -0.1) is 0 Å². The van der Waals surface area contributed by atoms with Gasteiger partial charge < -0.3 is 19.8 Å². The number of amides is 1. The van der Waals surface area contributed by atoms with E-state index in [-0.39, 0.29) is 19.1 Å². The van der Waals surface area contributed by atoms with Crippen molar-refractivity contribution in [3.8, 4) is 0 Å². The number of carbonyl (C=O) groups excluding carboxylic acids is 1. The Balaban J connectivity index is 4.17. The van der Waals surface area contributed by atoms with Crippen LogP contribution in [0.25, 0.3) is 0 Å². The van der Waals surface area contributed by atoms with Gasteiger partial charge in [-0.05, 0) is 70.6 Å². The maximum Gasteiger partial charge on any atom is 0.472 e. The van der Waals surface area contributed by atoms with Gasteiger partial charge in [0.2, 0.25) is 5.91 Å². The quantitative estimate of drug-likeness (QED) is 0.0243. The summed E-state index contributed by atoms with van der Waals surface area (Å²) in [5.41, 5.74) is 0. The third-order valence-corrected chi connectivity index (χ3v) is 15.4. The van der Waals surface area contributed by atoms with Crippen LogP contribution in [0.4, 0.5) is 0 Å². The van der Waals surface area contributed by atoms with Crippen LogP contribution in [0.15, 0.2) is 85.1 Å². The topological polar surface area (TPSA) is 105 Å². The molecule has 0 bridgehead atoms. The zero-order valence-corrected chi connectivity index (χ0v) is 52.1. The second-order valence-electron chi connectivity index (χ2n) is 23.1. The van der Waals surface area contributed by atoms with Crippen LogP contribution in [0.5, 0.6) is 0 Å². The van der Waals surface area contributed by atoms with Crippen LogP contribution < -0.4 is 5.32 Å². The zero-order valence-electron chi connectivity index (χ0n) is 51.2. The van der Waals surface area contributed by atoms with Gasteiger partial charge in [0.1, 0.15) is 13.2 Å². The Hall–Kier alpha value is -2.32. The number of hydrogen-bond acceptors (Lipinski definition) is 5. The lowest BCUT2D eigenvalue weighted by atomic mass is 10.0. The number of phosphoric ester groups is 1. The molecule has 0 fully saturated rings. The first kappa shape index (κ1) is 74.7. The van der Waals surface area contributed by atoms with Gasteiger partial charge in [0, 0.05) is 6.42 Å². The molecule has 0 aliphatic carbocycles. The standard InChI is InChI=1S/C68H125N2O6P/c1-6-8-10-12-14-16-18-20-22-24-26-28-30-32-34-35-36-38-40-42-44-46-48-50-52-54-56-58-60-62-68(72)69-66(65-76-77(73,74)75-64-63-70(3,4)5)67(71)61-59-57-55-53-51-49-47-45-43-41-39-37-33-31-29-27-25-23-21-19-17-15-13-11-9-7-2/h8,10,14,16,20,22,26,28,32,34,36,38,59,61,66-67,71H,6-7,9,11-13,15,17-19,21,23-25,27,29-31,33,35,37,39-58,60,62-65H2,1-5H3,(H-,69,72,73,74)/p+1/b10-8-,16-14-,22-20-,28-26-,34-32-,38-36-,61-59+. The number of nitrogens with zero attached hydrogens (tertiary/aromatic N) is 1. The first-order valence-electron chi connectivity index (χ1n) is 32.5. The van der Waals surface area contributed by atoms with Gasteiger partial charge in [0.15, 0.2) is 0 Å². The largest absolute Gasteiger partial charge is 0.472 e. The third-order valence-electron chi connectivity index (χ3n) is 14.4. The van der Waals surface area contributed by atoms with Gasteiger partial charge in [-0.1, -0.05) is 298 Å². The molecule has 0 saturated carbocycles. The molecule has 0 aromatic carbocycles. The number of nitrogens with one attached hydrogen (secondary N) is 1. The van der Waals surface area contributed by atoms with Gasteiger partial charge in [-0.3, -0.25) is 13.8 Å². The molecular formula is C68H126N2O6P+. The molecule has 0 radical (unpaired) electrons. The van der Waals surface area contributed by atoms with E-state index in [1.807, 2.05) is 27.2 Å². The molecule has 8 nitrogen and oxygen atoms in total. The van der Waals surface area contributed by atoms with E-state index in [9.17, 15) is 19.4 Å². The van der Waals surface area contributed by atoms with Crippen molar-refractivity contribution in [1.29, 1.82) is 0 Å². The molecule has 0 aliphatic heterocycles. The highest BCUT2D eigenvalue weighted by molar-refractivity contribution is 7.47. The van der Waals surface area contributed by atoms with Crippen LogP contribution in [0.2, 0.25) is 0 Å². The van der Waals surface area contributed by atoms with Crippen molar-refractivity contribution in [3.05, 3.63) is 85.1 Å². The minimum absolute atomic E-state index is 0.0576. The number of aliphatic hydroxyl groups is 1. The van der Waals surface area contributed by atoms with E-state index in [1.54, 1.807) is 6.08 Å². The van der Waals surface area contributed by atoms with Crippen LogP contribution in [0.3, 0.4) is 0 Å². The predicted molar refractivity (Wildman–Crippen MR) is 336 cm³/mol. The van der Waals surface area contributed by atoms with Crippen LogP contribution in [-0.4, -0.2) is 73.4 Å². The maximum atomic E-state index is 13.0. The fraction of sp³-hybridized carbons (Fsp3) is 0.779. The molecule has 0 heterocycles. The van der Waals surface area contributed by atoms with Crippen molar-refractivity contribution < 1.29 is 32.9 Å². The zero-order chi connectivity index (χ0) is 56.3. The van der Waals surface area contributed by atoms with Crippen molar-refractivity contribution in [3.63, 3.8) is 0 Å². The summed E-state index contributed by atoms with van der Waals surface area (Å²) >= 11 is 0. The number of carbonyl (C=O) groups is 1. The number of allylic oxidation sites excluding steroid dienone is 13. The molecule has 77 heavy (non-hydrogen) atoms. The lowest BCUT2D eigenvalue weighted by Gasteiger charge is -2.25. The van der Waals surface area contributed by atoms with E-state index < -0.39 is 20.0 Å². The van der Waals surface area contributed by atoms with E-state index in [0.29, 0.717) is 17.4 Å². The number of rotatable bonds is 59. The van der Waals surface area contributed by atoms with Crippen molar-refractivity contribution in [2.45, 2.75) is 302 Å². The van der Waals surface area contributed by atoms with Crippen LogP contribution in [-0.2, 0) is 18.4 Å². The Morgan fingerprint density at radius 1 is 0.455 bits per heavy atom. The minimum atomic E-state index is -4.36. The average Bonchev–Trinajstić information content (AvgIpc) is 3.39. The normalized spacial score (nSPS) is 14.3. The Kier molecular flexibility index (Phi) is 56.6. The van der Waals surface area contributed by atoms with E-state index in [4.69, 9.17) is 9.05 Å². The summed E-state index contributed by atoms with van der Waals surface area (Å²) in [5.74, 6) is -0.182. The maximum absolute atomic E-state index is 13.0. The molecule has 0 spiro atoms. The molecule has 3 N–H and O–H groups in total. The van der Waals surface area contributed by atoms with Crippen LogP contribution >= 0.6 is 7.82 Å². The van der Waals surface area contributed by atoms with Crippen molar-refractivity contribution >= 4 is 13.7 Å². The van der Waals surface area contributed by atoms with Gasteiger partial charge in [-0.2, -0.15) is 0 Å². The summed E-state index contributed by atoms with van der Waals surface area (Å²) in [6, 6.07) is -0.856. The Labute approximate surface area is 477 Å².